The van der Waals surface area contributed by atoms with Crippen molar-refractivity contribution < 1.29 is 29.0 Å². The second-order valence-electron chi connectivity index (χ2n) is 10.9. The van der Waals surface area contributed by atoms with Crippen molar-refractivity contribution >= 4 is 17.8 Å². The fraction of sp³-hybridized carbons (Fsp3) is 0.345. The van der Waals surface area contributed by atoms with Crippen LogP contribution in [0.4, 0.5) is 4.79 Å². The highest BCUT2D eigenvalue weighted by molar-refractivity contribution is 5.94. The summed E-state index contributed by atoms with van der Waals surface area (Å²) in [5, 5.41) is 11.7. The van der Waals surface area contributed by atoms with Crippen molar-refractivity contribution in [1.82, 2.24) is 19.2 Å². The Labute approximate surface area is 234 Å². The molecular formula is C29H30N4O8. The number of carboxylic acids is 1. The number of amides is 1. The molecule has 2 unspecified atom stereocenters. The summed E-state index contributed by atoms with van der Waals surface area (Å²) in [4.78, 5) is 62.8. The van der Waals surface area contributed by atoms with Gasteiger partial charge in [-0.15, -0.1) is 0 Å². The highest BCUT2D eigenvalue weighted by atomic mass is 16.6. The van der Waals surface area contributed by atoms with Gasteiger partial charge in [0.15, 0.2) is 5.78 Å². The van der Waals surface area contributed by atoms with Gasteiger partial charge in [-0.1, -0.05) is 19.9 Å². The third kappa shape index (κ3) is 4.75. The number of nitrogens with one attached hydrogen (secondary N) is 1. The van der Waals surface area contributed by atoms with E-state index in [0.29, 0.717) is 22.6 Å². The highest BCUT2D eigenvalue weighted by Gasteiger charge is 2.44. The van der Waals surface area contributed by atoms with E-state index in [1.165, 1.54) is 28.4 Å². The summed E-state index contributed by atoms with van der Waals surface area (Å²) in [6, 6.07) is 9.11. The molecule has 3 aromatic rings. The largest absolute Gasteiger partial charge is 0.483 e. The molecule has 3 heterocycles. The molecule has 0 spiro atoms. The molecule has 2 N–H and O–H groups in total. The Balaban J connectivity index is 1.54. The van der Waals surface area contributed by atoms with Crippen LogP contribution in [0.1, 0.15) is 56.6 Å². The van der Waals surface area contributed by atoms with Gasteiger partial charge in [0.1, 0.15) is 29.2 Å². The van der Waals surface area contributed by atoms with E-state index in [2.05, 4.69) is 5.32 Å². The molecule has 0 bridgehead atoms. The molecule has 2 aliphatic rings. The minimum absolute atomic E-state index is 0.112. The first-order valence-electron chi connectivity index (χ1n) is 13.1. The molecular weight excluding hydrogens is 532 g/mol. The van der Waals surface area contributed by atoms with Crippen molar-refractivity contribution in [2.75, 3.05) is 0 Å². The van der Waals surface area contributed by atoms with E-state index in [0.717, 1.165) is 10.1 Å². The second-order valence-corrected chi connectivity index (χ2v) is 10.9. The average Bonchev–Trinajstić information content (AvgIpc) is 3.16. The van der Waals surface area contributed by atoms with Gasteiger partial charge < -0.3 is 19.9 Å². The number of Topliss-reactive ketones (excluding diaryl/α,β-unsaturated/α-hetero) is 1. The van der Waals surface area contributed by atoms with E-state index in [1.807, 2.05) is 19.9 Å². The maximum Gasteiger partial charge on any atom is 0.413 e. The van der Waals surface area contributed by atoms with Gasteiger partial charge in [-0.25, -0.2) is 33.1 Å². The van der Waals surface area contributed by atoms with Crippen molar-refractivity contribution in [3.8, 4) is 17.2 Å². The van der Waals surface area contributed by atoms with Crippen LogP contribution in [0.25, 0.3) is 5.69 Å². The molecule has 12 nitrogen and oxygen atoms in total. The van der Waals surface area contributed by atoms with Crippen LogP contribution in [0.5, 0.6) is 11.5 Å². The molecule has 41 heavy (non-hydrogen) atoms. The number of hydrogen-bond acceptors (Lipinski definition) is 7. The molecule has 0 aliphatic carbocycles. The molecule has 0 saturated heterocycles. The van der Waals surface area contributed by atoms with Crippen molar-refractivity contribution in [3.05, 3.63) is 86.2 Å². The number of aliphatic carboxylic acids is 1. The Kier molecular flexibility index (Phi) is 6.72. The Morgan fingerprint density at radius 2 is 1.76 bits per heavy atom. The van der Waals surface area contributed by atoms with E-state index in [1.54, 1.807) is 44.2 Å². The molecule has 0 saturated carbocycles. The van der Waals surface area contributed by atoms with Crippen LogP contribution in [-0.2, 0) is 11.3 Å². The number of benzene rings is 2. The van der Waals surface area contributed by atoms with Crippen molar-refractivity contribution in [2.24, 2.45) is 5.92 Å². The normalized spacial score (nSPS) is 17.3. The fourth-order valence-electron chi connectivity index (χ4n) is 5.28. The summed E-state index contributed by atoms with van der Waals surface area (Å²) < 4.78 is 15.4. The molecule has 0 radical (unpaired) electrons. The molecule has 2 atom stereocenters. The summed E-state index contributed by atoms with van der Waals surface area (Å²) in [5.41, 5.74) is 0.195. The number of hydrogen-bond donors (Lipinski definition) is 2. The lowest BCUT2D eigenvalue weighted by molar-refractivity contribution is -0.140. The van der Waals surface area contributed by atoms with Gasteiger partial charge in [0.05, 0.1) is 12.2 Å². The number of carboxylic acid groups (broad SMARTS) is 1. The van der Waals surface area contributed by atoms with Gasteiger partial charge in [0, 0.05) is 17.2 Å². The first kappa shape index (κ1) is 27.7. The second kappa shape index (κ2) is 9.95. The Bertz CT molecular complexity index is 1720. The number of rotatable bonds is 6. The van der Waals surface area contributed by atoms with Crippen molar-refractivity contribution in [2.45, 2.75) is 58.8 Å². The lowest BCUT2D eigenvalue weighted by atomic mass is 9.83. The Morgan fingerprint density at radius 1 is 1.07 bits per heavy atom. The molecule has 2 aromatic carbocycles. The highest BCUT2D eigenvalue weighted by Crippen LogP contribution is 2.47. The van der Waals surface area contributed by atoms with Gasteiger partial charge in [-0.05, 0) is 68.7 Å². The maximum absolute atomic E-state index is 13.8. The number of aromatic nitrogens is 3. The zero-order valence-electron chi connectivity index (χ0n) is 23.2. The summed E-state index contributed by atoms with van der Waals surface area (Å²) >= 11 is 0. The third-order valence-electron chi connectivity index (χ3n) is 7.37. The summed E-state index contributed by atoms with van der Waals surface area (Å²) in [6.45, 7) is 8.60. The number of ketones is 1. The van der Waals surface area contributed by atoms with Crippen molar-refractivity contribution in [1.29, 1.82) is 0 Å². The SMILES string of the molecule is CC(=O)c1ccc(-n2c(=O)n3n(c2=O)C2C(=CC3)C(C)(C)Oc3cc(OC(=O)NC(C(=O)O)C(C)C)ccc32)cc1. The molecule has 5 rings (SSSR count). The zero-order chi connectivity index (χ0) is 29.8. The van der Waals surface area contributed by atoms with Crippen LogP contribution in [0.15, 0.2) is 63.7 Å². The smallest absolute Gasteiger partial charge is 0.413 e. The van der Waals surface area contributed by atoms with E-state index >= 15 is 0 Å². The van der Waals surface area contributed by atoms with E-state index in [-0.39, 0.29) is 24.0 Å². The van der Waals surface area contributed by atoms with E-state index < -0.39 is 41.1 Å². The van der Waals surface area contributed by atoms with Gasteiger partial charge >= 0.3 is 23.4 Å². The molecule has 1 aromatic heterocycles. The predicted molar refractivity (Wildman–Crippen MR) is 147 cm³/mol. The van der Waals surface area contributed by atoms with E-state index in [4.69, 9.17) is 9.47 Å². The minimum Gasteiger partial charge on any atom is -0.483 e. The third-order valence-corrected chi connectivity index (χ3v) is 7.37. The topological polar surface area (TPSA) is 151 Å². The van der Waals surface area contributed by atoms with Crippen LogP contribution in [0.2, 0.25) is 0 Å². The molecule has 2 aliphatic heterocycles. The van der Waals surface area contributed by atoms with Gasteiger partial charge in [0.25, 0.3) is 0 Å². The lowest BCUT2D eigenvalue weighted by Gasteiger charge is -2.42. The Morgan fingerprint density at radius 3 is 2.37 bits per heavy atom. The zero-order valence-corrected chi connectivity index (χ0v) is 23.2. The molecule has 214 valence electrons. The van der Waals surface area contributed by atoms with Gasteiger partial charge in [0.2, 0.25) is 0 Å². The molecule has 1 amide bonds. The maximum atomic E-state index is 13.8. The number of nitrogens with zero attached hydrogens (tertiary/aromatic N) is 3. The van der Waals surface area contributed by atoms with Crippen LogP contribution >= 0.6 is 0 Å². The standard InChI is InChI=1S/C29H30N4O8/c1-15(2)23(25(35)36)30-26(37)40-19-10-11-20-22(14-19)41-29(4,5)21-12-13-31-27(38)32(28(39)33(31)24(20)21)18-8-6-17(7-9-18)16(3)34/h6-12,14-15,23-24H,13H2,1-5H3,(H,30,37)(H,35,36). The lowest BCUT2D eigenvalue weighted by Crippen LogP contribution is -2.46. The van der Waals surface area contributed by atoms with Gasteiger partial charge in [-0.2, -0.15) is 0 Å². The molecule has 0 fully saturated rings. The van der Waals surface area contributed by atoms with Crippen LogP contribution in [-0.4, -0.2) is 48.5 Å². The Hall–Kier alpha value is -4.87. The number of carbonyl (C=O) groups excluding carboxylic acids is 2. The predicted octanol–water partition coefficient (Wildman–Crippen LogP) is 2.90. The first-order chi connectivity index (χ1) is 19.3. The number of allylic oxidation sites excluding steroid dienone is 1. The summed E-state index contributed by atoms with van der Waals surface area (Å²) in [5.74, 6) is -1.22. The number of carbonyl (C=O) groups is 3. The van der Waals surface area contributed by atoms with Crippen LogP contribution in [0.3, 0.4) is 0 Å². The summed E-state index contributed by atoms with van der Waals surface area (Å²) in [7, 11) is 0. The number of fused-ring (bicyclic) bond motifs is 5. The quantitative estimate of drug-likeness (QED) is 0.344. The monoisotopic (exact) mass is 562 g/mol. The number of ether oxygens (including phenoxy) is 2. The summed E-state index contributed by atoms with van der Waals surface area (Å²) in [6.07, 6.45) is 0.935. The van der Waals surface area contributed by atoms with Crippen molar-refractivity contribution in [3.63, 3.8) is 0 Å². The first-order valence-corrected chi connectivity index (χ1v) is 13.1. The van der Waals surface area contributed by atoms with Gasteiger partial charge in [-0.3, -0.25) is 4.79 Å². The van der Waals surface area contributed by atoms with Crippen LogP contribution in [0, 0.1) is 5.92 Å². The fourth-order valence-corrected chi connectivity index (χ4v) is 5.28. The van der Waals surface area contributed by atoms with Crippen LogP contribution < -0.4 is 26.2 Å². The van der Waals surface area contributed by atoms with E-state index in [9.17, 15) is 29.1 Å². The average molecular weight is 563 g/mol. The minimum atomic E-state index is -1.18. The molecule has 12 heteroatoms.